The average Bonchev–Trinajstić information content (AvgIpc) is 3.49. The number of hydrogen-bond acceptors (Lipinski definition) is 11. The Labute approximate surface area is 253 Å². The number of fused-ring (bicyclic) bond motifs is 6. The molecular weight excluding hydrogens is 560 g/mol. The highest BCUT2D eigenvalue weighted by Gasteiger charge is 2.36. The summed E-state index contributed by atoms with van der Waals surface area (Å²) >= 11 is 0. The normalized spacial score (nSPS) is 16.3. The van der Waals surface area contributed by atoms with Gasteiger partial charge < -0.3 is 29.5 Å². The maximum absolute atomic E-state index is 12.8. The summed E-state index contributed by atoms with van der Waals surface area (Å²) in [7, 11) is 3.95. The maximum atomic E-state index is 12.8. The van der Waals surface area contributed by atoms with Gasteiger partial charge in [0, 0.05) is 50.2 Å². The lowest BCUT2D eigenvalue weighted by Crippen LogP contribution is -2.58. The van der Waals surface area contributed by atoms with Crippen molar-refractivity contribution in [1.29, 1.82) is 0 Å². The predicted octanol–water partition coefficient (Wildman–Crippen LogP) is 3.44. The van der Waals surface area contributed by atoms with E-state index in [1.54, 1.807) is 16.8 Å². The van der Waals surface area contributed by atoms with Gasteiger partial charge in [0.1, 0.15) is 36.6 Å². The van der Waals surface area contributed by atoms with E-state index in [1.165, 1.54) is 12.7 Å². The molecule has 2 aliphatic heterocycles. The van der Waals surface area contributed by atoms with E-state index in [9.17, 15) is 4.79 Å². The van der Waals surface area contributed by atoms with E-state index < -0.39 is 0 Å². The van der Waals surface area contributed by atoms with Crippen LogP contribution in [-0.4, -0.2) is 98.2 Å². The maximum Gasteiger partial charge on any atom is 0.246 e. The highest BCUT2D eigenvalue weighted by molar-refractivity contribution is 5.99. The van der Waals surface area contributed by atoms with Crippen LogP contribution in [0.2, 0.25) is 0 Å². The zero-order chi connectivity index (χ0) is 30.2. The molecule has 0 bridgehead atoms. The fraction of sp³-hybridized carbons (Fsp3) is 0.290. The minimum atomic E-state index is 0.00842. The Morgan fingerprint density at radius 3 is 2.91 bits per heavy atom. The standard InChI is InChI=1S/C31H32N10O3/c1-20-13-21(6-7-25(20)44-23-8-10-41-26(14-23)34-19-36-41)37-30-28-24(33-18-35-30)15-32-31-29(28)43-17-22-16-39(11-12-40(22)31)27(42)5-4-9-38(2)3/h4-8,10,13-15,18-19,22H,9,11-12,16-17H2,1-3H3,(H,33,35,37)/b5-4+/t22-/m1/s1. The number of benzene rings is 1. The molecule has 4 aromatic heterocycles. The minimum Gasteiger partial charge on any atom is -0.487 e. The van der Waals surface area contributed by atoms with E-state index >= 15 is 0 Å². The Morgan fingerprint density at radius 1 is 1.14 bits per heavy atom. The van der Waals surface area contributed by atoms with Gasteiger partial charge in [0.25, 0.3) is 0 Å². The zero-order valence-electron chi connectivity index (χ0n) is 24.7. The van der Waals surface area contributed by atoms with Crippen LogP contribution in [0.4, 0.5) is 17.3 Å². The molecule has 0 unspecified atom stereocenters. The molecule has 13 heteroatoms. The molecule has 1 atom stereocenters. The smallest absolute Gasteiger partial charge is 0.246 e. The van der Waals surface area contributed by atoms with Crippen molar-refractivity contribution in [3.05, 3.63) is 73.1 Å². The van der Waals surface area contributed by atoms with Crippen LogP contribution in [0, 0.1) is 6.92 Å². The molecule has 1 N–H and O–H groups in total. The Kier molecular flexibility index (Phi) is 7.14. The summed E-state index contributed by atoms with van der Waals surface area (Å²) in [6.07, 6.45) is 10.1. The number of likely N-dealkylation sites (N-methyl/N-ethyl adjacent to an activating group) is 1. The van der Waals surface area contributed by atoms with Crippen molar-refractivity contribution < 1.29 is 14.3 Å². The van der Waals surface area contributed by atoms with Gasteiger partial charge in [-0.25, -0.2) is 24.5 Å². The molecule has 0 spiro atoms. The van der Waals surface area contributed by atoms with Gasteiger partial charge in [-0.2, -0.15) is 5.10 Å². The second kappa shape index (κ2) is 11.4. The molecule has 0 radical (unpaired) electrons. The van der Waals surface area contributed by atoms with Crippen molar-refractivity contribution in [3.63, 3.8) is 0 Å². The van der Waals surface area contributed by atoms with Crippen LogP contribution >= 0.6 is 0 Å². The number of piperazine rings is 1. The lowest BCUT2D eigenvalue weighted by molar-refractivity contribution is -0.127. The first-order chi connectivity index (χ1) is 21.4. The number of anilines is 3. The summed E-state index contributed by atoms with van der Waals surface area (Å²) in [4.78, 5) is 36.9. The molecule has 1 saturated heterocycles. The number of rotatable bonds is 7. The predicted molar refractivity (Wildman–Crippen MR) is 166 cm³/mol. The highest BCUT2D eigenvalue weighted by Crippen LogP contribution is 2.42. The first kappa shape index (κ1) is 27.5. The molecule has 5 aromatic rings. The van der Waals surface area contributed by atoms with E-state index in [4.69, 9.17) is 14.5 Å². The second-order valence-electron chi connectivity index (χ2n) is 11.1. The van der Waals surface area contributed by atoms with Crippen LogP contribution < -0.4 is 19.7 Å². The third-order valence-electron chi connectivity index (χ3n) is 7.75. The number of nitrogens with zero attached hydrogens (tertiary/aromatic N) is 9. The number of carbonyl (C=O) groups is 1. The fourth-order valence-corrected chi connectivity index (χ4v) is 5.54. The van der Waals surface area contributed by atoms with Crippen LogP contribution in [0.5, 0.6) is 17.2 Å². The number of hydrogen-bond donors (Lipinski definition) is 1. The third kappa shape index (κ3) is 5.33. The molecule has 1 amide bonds. The van der Waals surface area contributed by atoms with Crippen LogP contribution in [-0.2, 0) is 4.79 Å². The average molecular weight is 593 g/mol. The molecule has 6 heterocycles. The number of aromatic nitrogens is 6. The Bertz CT molecular complexity index is 1890. The Balaban J connectivity index is 1.11. The van der Waals surface area contributed by atoms with Gasteiger partial charge >= 0.3 is 0 Å². The summed E-state index contributed by atoms with van der Waals surface area (Å²) in [6.45, 7) is 4.98. The Morgan fingerprint density at radius 2 is 2.05 bits per heavy atom. The van der Waals surface area contributed by atoms with Crippen LogP contribution in [0.15, 0.2) is 67.5 Å². The Hall–Kier alpha value is -5.30. The molecule has 0 aliphatic carbocycles. The second-order valence-corrected chi connectivity index (χ2v) is 11.1. The lowest BCUT2D eigenvalue weighted by Gasteiger charge is -2.44. The lowest BCUT2D eigenvalue weighted by atomic mass is 10.1. The SMILES string of the molecule is Cc1cc(Nc2ncnc3cnc4c(c23)OC[C@H]2CN(C(=O)/C=C/CN(C)C)CCN42)ccc1Oc1ccn2ncnc2c1. The summed E-state index contributed by atoms with van der Waals surface area (Å²) < 4.78 is 14.2. The number of ether oxygens (including phenoxy) is 2. The molecule has 0 saturated carbocycles. The van der Waals surface area contributed by atoms with Gasteiger partial charge in [-0.05, 0) is 50.8 Å². The fourth-order valence-electron chi connectivity index (χ4n) is 5.54. The van der Waals surface area contributed by atoms with Crippen molar-refractivity contribution in [2.75, 3.05) is 57.1 Å². The van der Waals surface area contributed by atoms with Gasteiger partial charge in [0.2, 0.25) is 5.91 Å². The monoisotopic (exact) mass is 592 g/mol. The largest absolute Gasteiger partial charge is 0.487 e. The third-order valence-corrected chi connectivity index (χ3v) is 7.75. The zero-order valence-corrected chi connectivity index (χ0v) is 24.7. The van der Waals surface area contributed by atoms with Gasteiger partial charge in [-0.15, -0.1) is 0 Å². The number of pyridine rings is 2. The molecule has 44 heavy (non-hydrogen) atoms. The molecule has 1 aromatic carbocycles. The first-order valence-electron chi connectivity index (χ1n) is 14.4. The van der Waals surface area contributed by atoms with Crippen molar-refractivity contribution in [1.82, 2.24) is 39.3 Å². The van der Waals surface area contributed by atoms with Crippen LogP contribution in [0.25, 0.3) is 16.6 Å². The molecule has 13 nitrogen and oxygen atoms in total. The summed E-state index contributed by atoms with van der Waals surface area (Å²) in [5.74, 6) is 3.44. The van der Waals surface area contributed by atoms with Crippen molar-refractivity contribution in [2.24, 2.45) is 0 Å². The van der Waals surface area contributed by atoms with E-state index in [2.05, 4.69) is 30.3 Å². The van der Waals surface area contributed by atoms with Gasteiger partial charge in [0.15, 0.2) is 17.2 Å². The summed E-state index contributed by atoms with van der Waals surface area (Å²) in [6, 6.07) is 9.57. The molecule has 224 valence electrons. The minimum absolute atomic E-state index is 0.00842. The number of nitrogens with one attached hydrogen (secondary N) is 1. The number of amides is 1. The van der Waals surface area contributed by atoms with Gasteiger partial charge in [-0.1, -0.05) is 6.08 Å². The summed E-state index contributed by atoms with van der Waals surface area (Å²) in [5, 5.41) is 8.34. The van der Waals surface area contributed by atoms with E-state index in [0.29, 0.717) is 54.7 Å². The van der Waals surface area contributed by atoms with Crippen LogP contribution in [0.3, 0.4) is 0 Å². The van der Waals surface area contributed by atoms with Crippen molar-refractivity contribution in [3.8, 4) is 17.2 Å². The van der Waals surface area contributed by atoms with Gasteiger partial charge in [-0.3, -0.25) is 4.79 Å². The topological polar surface area (TPSA) is 126 Å². The summed E-state index contributed by atoms with van der Waals surface area (Å²) in [5.41, 5.74) is 3.18. The van der Waals surface area contributed by atoms with E-state index in [-0.39, 0.29) is 11.9 Å². The van der Waals surface area contributed by atoms with Crippen molar-refractivity contribution in [2.45, 2.75) is 13.0 Å². The first-order valence-corrected chi connectivity index (χ1v) is 14.4. The molecular formula is C31H32N10O3. The number of aryl methyl sites for hydroxylation is 1. The molecule has 1 fully saturated rings. The van der Waals surface area contributed by atoms with Crippen LogP contribution in [0.1, 0.15) is 5.56 Å². The number of carbonyl (C=O) groups excluding carboxylic acids is 1. The van der Waals surface area contributed by atoms with E-state index in [1.807, 2.05) is 73.4 Å². The van der Waals surface area contributed by atoms with E-state index in [0.717, 1.165) is 34.7 Å². The highest BCUT2D eigenvalue weighted by atomic mass is 16.5. The quantitative estimate of drug-likeness (QED) is 0.279. The molecule has 7 rings (SSSR count). The van der Waals surface area contributed by atoms with Crippen molar-refractivity contribution >= 4 is 39.8 Å². The molecule has 2 aliphatic rings. The van der Waals surface area contributed by atoms with Gasteiger partial charge in [0.05, 0.1) is 23.1 Å².